The Kier molecular flexibility index (Phi) is 5.53. The van der Waals surface area contributed by atoms with Gasteiger partial charge in [0.05, 0.1) is 6.20 Å². The predicted octanol–water partition coefficient (Wildman–Crippen LogP) is 4.57. The number of thiazole rings is 1. The third kappa shape index (κ3) is 4.44. The monoisotopic (exact) mass is 406 g/mol. The van der Waals surface area contributed by atoms with E-state index in [9.17, 15) is 9.18 Å². The number of ether oxygens (including phenoxy) is 1. The number of hydrogen-bond donors (Lipinski definition) is 1. The van der Waals surface area contributed by atoms with E-state index in [1.54, 1.807) is 48.9 Å². The van der Waals surface area contributed by atoms with Crippen molar-refractivity contribution >= 4 is 23.1 Å². The Hall–Kier alpha value is -3.65. The van der Waals surface area contributed by atoms with Crippen molar-refractivity contribution < 1.29 is 13.9 Å². The number of aromatic nitrogens is 3. The average molecular weight is 406 g/mol. The molecular weight excluding hydrogens is 391 g/mol. The zero-order chi connectivity index (χ0) is 20.1. The van der Waals surface area contributed by atoms with Crippen LogP contribution >= 0.6 is 11.3 Å². The normalized spacial score (nSPS) is 10.5. The molecule has 0 atom stereocenters. The van der Waals surface area contributed by atoms with Crippen LogP contribution in [0.15, 0.2) is 73.3 Å². The summed E-state index contributed by atoms with van der Waals surface area (Å²) in [6.07, 6.45) is 6.34. The molecule has 1 N–H and O–H groups in total. The summed E-state index contributed by atoms with van der Waals surface area (Å²) in [6, 6.07) is 13.4. The molecule has 0 fully saturated rings. The van der Waals surface area contributed by atoms with Gasteiger partial charge in [-0.3, -0.25) is 9.78 Å². The smallest absolute Gasteiger partial charge is 0.268 e. The first-order chi connectivity index (χ1) is 14.2. The molecule has 0 saturated carbocycles. The van der Waals surface area contributed by atoms with Crippen molar-refractivity contribution in [2.24, 2.45) is 0 Å². The van der Waals surface area contributed by atoms with E-state index in [1.165, 1.54) is 12.3 Å². The highest BCUT2D eigenvalue weighted by Crippen LogP contribution is 2.28. The molecule has 4 aromatic rings. The maximum atomic E-state index is 13.9. The molecule has 0 saturated heterocycles. The van der Waals surface area contributed by atoms with E-state index in [4.69, 9.17) is 4.74 Å². The van der Waals surface area contributed by atoms with Crippen LogP contribution in [0, 0.1) is 5.82 Å². The summed E-state index contributed by atoms with van der Waals surface area (Å²) in [5.74, 6) is -0.0354. The van der Waals surface area contributed by atoms with Crippen LogP contribution in [0.25, 0.3) is 10.6 Å². The van der Waals surface area contributed by atoms with Gasteiger partial charge in [0, 0.05) is 24.2 Å². The lowest BCUT2D eigenvalue weighted by Crippen LogP contribution is -2.12. The molecule has 0 aliphatic carbocycles. The molecule has 6 nitrogen and oxygen atoms in total. The summed E-state index contributed by atoms with van der Waals surface area (Å²) in [7, 11) is 0. The fraction of sp³-hybridized carbons (Fsp3) is 0.0476. The van der Waals surface area contributed by atoms with Crippen LogP contribution in [0.2, 0.25) is 0 Å². The van der Waals surface area contributed by atoms with Gasteiger partial charge < -0.3 is 10.1 Å². The first kappa shape index (κ1) is 18.7. The van der Waals surface area contributed by atoms with Crippen LogP contribution in [0.1, 0.15) is 15.2 Å². The minimum Gasteiger partial charge on any atom is -0.485 e. The number of nitrogens with one attached hydrogen (secondary N) is 1. The van der Waals surface area contributed by atoms with Gasteiger partial charge in [-0.05, 0) is 42.0 Å². The highest BCUT2D eigenvalue weighted by molar-refractivity contribution is 7.17. The zero-order valence-corrected chi connectivity index (χ0v) is 15.9. The molecule has 0 unspecified atom stereocenters. The molecule has 4 rings (SSSR count). The van der Waals surface area contributed by atoms with E-state index in [1.807, 2.05) is 12.1 Å². The summed E-state index contributed by atoms with van der Waals surface area (Å²) in [5.41, 5.74) is 1.30. The maximum absolute atomic E-state index is 13.9. The molecule has 144 valence electrons. The molecule has 0 aliphatic rings. The van der Waals surface area contributed by atoms with Crippen LogP contribution in [-0.2, 0) is 6.61 Å². The number of hydrogen-bond acceptors (Lipinski definition) is 6. The number of anilines is 1. The summed E-state index contributed by atoms with van der Waals surface area (Å²) in [5, 5.41) is 3.17. The number of carbonyl (C=O) groups is 1. The first-order valence-electron chi connectivity index (χ1n) is 8.69. The quantitative estimate of drug-likeness (QED) is 0.508. The lowest BCUT2D eigenvalue weighted by atomic mass is 10.2. The minimum absolute atomic E-state index is 0.299. The highest BCUT2D eigenvalue weighted by atomic mass is 32.1. The van der Waals surface area contributed by atoms with Crippen LogP contribution in [0.5, 0.6) is 5.75 Å². The predicted molar refractivity (Wildman–Crippen MR) is 108 cm³/mol. The number of pyridine rings is 2. The zero-order valence-electron chi connectivity index (χ0n) is 15.1. The van der Waals surface area contributed by atoms with Crippen LogP contribution in [0.4, 0.5) is 10.2 Å². The van der Waals surface area contributed by atoms with Crippen molar-refractivity contribution in [2.45, 2.75) is 6.61 Å². The second-order valence-corrected chi connectivity index (χ2v) is 6.99. The van der Waals surface area contributed by atoms with Crippen molar-refractivity contribution in [3.63, 3.8) is 0 Å². The van der Waals surface area contributed by atoms with E-state index < -0.39 is 5.91 Å². The standard InChI is InChI=1S/C21H15FN4O2S/c22-16-5-2-1-4-15(16)21-25-12-18(29-21)20(27)26-19-17(6-3-9-24-19)28-13-14-7-10-23-11-8-14/h1-12H,13H2,(H,24,26,27). The number of amides is 1. The maximum Gasteiger partial charge on any atom is 0.268 e. The van der Waals surface area contributed by atoms with Gasteiger partial charge >= 0.3 is 0 Å². The molecule has 0 radical (unpaired) electrons. The van der Waals surface area contributed by atoms with E-state index in [0.29, 0.717) is 33.6 Å². The molecule has 0 aliphatic heterocycles. The van der Waals surface area contributed by atoms with Crippen LogP contribution in [-0.4, -0.2) is 20.9 Å². The van der Waals surface area contributed by atoms with Crippen LogP contribution in [0.3, 0.4) is 0 Å². The van der Waals surface area contributed by atoms with E-state index in [2.05, 4.69) is 20.3 Å². The van der Waals surface area contributed by atoms with Crippen molar-refractivity contribution in [1.29, 1.82) is 0 Å². The molecule has 1 amide bonds. The number of nitrogens with zero attached hydrogens (tertiary/aromatic N) is 3. The molecule has 0 bridgehead atoms. The Morgan fingerprint density at radius 1 is 1.03 bits per heavy atom. The summed E-state index contributed by atoms with van der Waals surface area (Å²) < 4.78 is 19.7. The van der Waals surface area contributed by atoms with Gasteiger partial charge in [-0.15, -0.1) is 11.3 Å². The largest absolute Gasteiger partial charge is 0.485 e. The second-order valence-electron chi connectivity index (χ2n) is 5.96. The van der Waals surface area contributed by atoms with Crippen molar-refractivity contribution in [3.05, 3.63) is 89.6 Å². The Morgan fingerprint density at radius 3 is 2.69 bits per heavy atom. The molecule has 0 spiro atoms. The summed E-state index contributed by atoms with van der Waals surface area (Å²) in [6.45, 7) is 0.315. The second kappa shape index (κ2) is 8.57. The Morgan fingerprint density at radius 2 is 1.86 bits per heavy atom. The fourth-order valence-electron chi connectivity index (χ4n) is 2.55. The van der Waals surface area contributed by atoms with E-state index in [0.717, 1.165) is 16.9 Å². The Bertz CT molecular complexity index is 1130. The van der Waals surface area contributed by atoms with Crippen molar-refractivity contribution in [2.75, 3.05) is 5.32 Å². The summed E-state index contributed by atoms with van der Waals surface area (Å²) in [4.78, 5) is 25.3. The van der Waals surface area contributed by atoms with Crippen molar-refractivity contribution in [1.82, 2.24) is 15.0 Å². The van der Waals surface area contributed by atoms with Gasteiger partial charge in [-0.25, -0.2) is 14.4 Å². The number of benzene rings is 1. The third-order valence-corrected chi connectivity index (χ3v) is 5.01. The summed E-state index contributed by atoms with van der Waals surface area (Å²) >= 11 is 1.10. The third-order valence-electron chi connectivity index (χ3n) is 3.98. The van der Waals surface area contributed by atoms with Crippen LogP contribution < -0.4 is 10.1 Å². The molecule has 1 aromatic carbocycles. The van der Waals surface area contributed by atoms with E-state index in [-0.39, 0.29) is 5.82 Å². The topological polar surface area (TPSA) is 77.0 Å². The van der Waals surface area contributed by atoms with Gasteiger partial charge in [0.15, 0.2) is 11.6 Å². The Balaban J connectivity index is 1.48. The lowest BCUT2D eigenvalue weighted by molar-refractivity contribution is 0.102. The van der Waals surface area contributed by atoms with Gasteiger partial charge in [-0.2, -0.15) is 0 Å². The molecule has 3 aromatic heterocycles. The molecule has 8 heteroatoms. The molecule has 29 heavy (non-hydrogen) atoms. The lowest BCUT2D eigenvalue weighted by Gasteiger charge is -2.10. The van der Waals surface area contributed by atoms with Gasteiger partial charge in [0.1, 0.15) is 22.3 Å². The minimum atomic E-state index is -0.391. The van der Waals surface area contributed by atoms with E-state index >= 15 is 0 Å². The molecular formula is C21H15FN4O2S. The number of halogens is 1. The van der Waals surface area contributed by atoms with Crippen molar-refractivity contribution in [3.8, 4) is 16.3 Å². The van der Waals surface area contributed by atoms with Gasteiger partial charge in [0.2, 0.25) is 0 Å². The SMILES string of the molecule is O=C(Nc1ncccc1OCc1ccncc1)c1cnc(-c2ccccc2F)s1. The Labute approximate surface area is 170 Å². The average Bonchev–Trinajstić information content (AvgIpc) is 3.24. The number of carbonyl (C=O) groups excluding carboxylic acids is 1. The first-order valence-corrected chi connectivity index (χ1v) is 9.51. The van der Waals surface area contributed by atoms with Gasteiger partial charge in [-0.1, -0.05) is 12.1 Å². The number of rotatable bonds is 6. The van der Waals surface area contributed by atoms with Gasteiger partial charge in [0.25, 0.3) is 5.91 Å². The molecule has 3 heterocycles. The fourth-order valence-corrected chi connectivity index (χ4v) is 3.39. The highest BCUT2D eigenvalue weighted by Gasteiger charge is 2.16.